The Balaban J connectivity index is 2.40. The number of hydrogen-bond donors (Lipinski definition) is 1. The van der Waals surface area contributed by atoms with Gasteiger partial charge >= 0.3 is 0 Å². The lowest BCUT2D eigenvalue weighted by atomic mass is 10.1. The zero-order valence-corrected chi connectivity index (χ0v) is 17.4. The number of anilines is 2. The van der Waals surface area contributed by atoms with E-state index < -0.39 is 35.2 Å². The lowest BCUT2D eigenvalue weighted by molar-refractivity contribution is -0.128. The zero-order valence-electron chi connectivity index (χ0n) is 16.7. The van der Waals surface area contributed by atoms with Crippen molar-refractivity contribution >= 4 is 34.8 Å². The molecule has 2 rings (SSSR count). The average Bonchev–Trinajstić information content (AvgIpc) is 2.68. The fraction of sp³-hybridized carbons (Fsp3) is 0.333. The molecule has 0 saturated carbocycles. The van der Waals surface area contributed by atoms with E-state index >= 15 is 4.39 Å². The number of halogens is 3. The van der Waals surface area contributed by atoms with Crippen LogP contribution in [0.3, 0.4) is 0 Å². The number of amides is 2. The minimum Gasteiger partial charge on any atom is -0.369 e. The number of likely N-dealkylation sites (N-methyl/N-ethyl adjacent to an activating group) is 1. The van der Waals surface area contributed by atoms with Crippen molar-refractivity contribution in [2.24, 2.45) is 0 Å². The van der Waals surface area contributed by atoms with Gasteiger partial charge in [-0.05, 0) is 52.0 Å². The van der Waals surface area contributed by atoms with Gasteiger partial charge in [-0.25, -0.2) is 8.78 Å². The Bertz CT molecular complexity index is 921. The highest BCUT2D eigenvalue weighted by Gasteiger charge is 2.28. The van der Waals surface area contributed by atoms with Crippen molar-refractivity contribution in [3.63, 3.8) is 0 Å². The summed E-state index contributed by atoms with van der Waals surface area (Å²) in [6.45, 7) is 6.90. The van der Waals surface area contributed by atoms with Crippen LogP contribution in [0.4, 0.5) is 20.2 Å². The van der Waals surface area contributed by atoms with E-state index in [0.717, 1.165) is 22.6 Å². The second kappa shape index (κ2) is 9.80. The first kappa shape index (κ1) is 22.8. The largest absolute Gasteiger partial charge is 0.369 e. The fourth-order valence-electron chi connectivity index (χ4n) is 2.85. The number of hydrogen-bond acceptors (Lipinski definition) is 3. The predicted molar refractivity (Wildman–Crippen MR) is 110 cm³/mol. The summed E-state index contributed by atoms with van der Waals surface area (Å²) in [4.78, 5) is 26.1. The zero-order chi connectivity index (χ0) is 21.7. The molecule has 0 aliphatic carbocycles. The normalized spacial score (nSPS) is 11.8. The number of rotatable bonds is 7. The molecule has 0 spiro atoms. The molecule has 156 valence electrons. The summed E-state index contributed by atoms with van der Waals surface area (Å²) in [7, 11) is 0. The van der Waals surface area contributed by atoms with E-state index in [9.17, 15) is 14.0 Å². The van der Waals surface area contributed by atoms with Gasteiger partial charge in [-0.15, -0.1) is 0 Å². The maximum Gasteiger partial charge on any atom is 0.257 e. The highest BCUT2D eigenvalue weighted by molar-refractivity contribution is 6.34. The van der Waals surface area contributed by atoms with Gasteiger partial charge in [0.25, 0.3) is 11.8 Å². The van der Waals surface area contributed by atoms with Gasteiger partial charge in [0, 0.05) is 13.2 Å². The number of benzene rings is 2. The molecule has 0 radical (unpaired) electrons. The van der Waals surface area contributed by atoms with E-state index in [-0.39, 0.29) is 29.4 Å². The van der Waals surface area contributed by atoms with Gasteiger partial charge in [0.05, 0.1) is 16.3 Å². The lowest BCUT2D eigenvalue weighted by Gasteiger charge is -2.26. The van der Waals surface area contributed by atoms with Gasteiger partial charge in [0.15, 0.2) is 5.82 Å². The molecule has 0 aliphatic heterocycles. The highest BCUT2D eigenvalue weighted by Crippen LogP contribution is 2.30. The number of carbonyl (C=O) groups is 2. The molecule has 2 amide bonds. The smallest absolute Gasteiger partial charge is 0.257 e. The van der Waals surface area contributed by atoms with Crippen LogP contribution < -0.4 is 10.2 Å². The predicted octanol–water partition coefficient (Wildman–Crippen LogP) is 4.96. The van der Waals surface area contributed by atoms with Crippen LogP contribution in [0.1, 0.15) is 36.7 Å². The Labute approximate surface area is 173 Å². The summed E-state index contributed by atoms with van der Waals surface area (Å²) in [5, 5.41) is 2.60. The van der Waals surface area contributed by atoms with Gasteiger partial charge in [-0.1, -0.05) is 23.2 Å². The molecule has 0 fully saturated rings. The Kier molecular flexibility index (Phi) is 7.70. The maximum absolute atomic E-state index is 15.1. The molecule has 1 unspecified atom stereocenters. The van der Waals surface area contributed by atoms with Crippen LogP contribution in [0.2, 0.25) is 5.02 Å². The molecule has 2 aromatic carbocycles. The van der Waals surface area contributed by atoms with E-state index in [4.69, 9.17) is 16.3 Å². The van der Waals surface area contributed by atoms with Crippen LogP contribution in [-0.2, 0) is 9.53 Å². The third kappa shape index (κ3) is 5.10. The van der Waals surface area contributed by atoms with Crippen molar-refractivity contribution in [2.75, 3.05) is 23.4 Å². The summed E-state index contributed by atoms with van der Waals surface area (Å²) in [5.41, 5.74) is 0.147. The third-order valence-electron chi connectivity index (χ3n) is 4.30. The summed E-state index contributed by atoms with van der Waals surface area (Å²) in [6, 6.07) is 6.95. The molecule has 0 aromatic heterocycles. The molecule has 0 heterocycles. The van der Waals surface area contributed by atoms with Crippen LogP contribution in [-0.4, -0.2) is 31.1 Å². The molecule has 1 N–H and O–H groups in total. The Morgan fingerprint density at radius 1 is 1.21 bits per heavy atom. The summed E-state index contributed by atoms with van der Waals surface area (Å²) in [5.74, 6) is -3.21. The van der Waals surface area contributed by atoms with Gasteiger partial charge in [-0.2, -0.15) is 0 Å². The van der Waals surface area contributed by atoms with E-state index in [1.165, 1.54) is 6.92 Å². The van der Waals surface area contributed by atoms with E-state index in [2.05, 4.69) is 5.32 Å². The fourth-order valence-corrected chi connectivity index (χ4v) is 3.06. The molecule has 0 bridgehead atoms. The summed E-state index contributed by atoms with van der Waals surface area (Å²) < 4.78 is 34.8. The number of carbonyl (C=O) groups excluding carboxylic acids is 2. The number of aryl methyl sites for hydroxylation is 1. The molecule has 1 atom stereocenters. The van der Waals surface area contributed by atoms with Crippen LogP contribution >= 0.6 is 11.6 Å². The topological polar surface area (TPSA) is 58.6 Å². The molecule has 5 nitrogen and oxygen atoms in total. The van der Waals surface area contributed by atoms with E-state index in [1.807, 2.05) is 0 Å². The van der Waals surface area contributed by atoms with Crippen molar-refractivity contribution in [3.05, 3.63) is 58.1 Å². The number of nitrogens with zero attached hydrogens (tertiary/aromatic N) is 1. The molecule has 0 saturated heterocycles. The molecular weight excluding hydrogens is 402 g/mol. The number of nitrogens with one attached hydrogen (secondary N) is 1. The minimum atomic E-state index is -1.05. The maximum atomic E-state index is 15.1. The highest BCUT2D eigenvalue weighted by atomic mass is 35.5. The number of ether oxygens (including phenoxy) is 1. The summed E-state index contributed by atoms with van der Waals surface area (Å²) in [6.07, 6.45) is -0.872. The van der Waals surface area contributed by atoms with Crippen molar-refractivity contribution in [1.82, 2.24) is 0 Å². The second-order valence-electron chi connectivity index (χ2n) is 6.38. The van der Waals surface area contributed by atoms with Crippen LogP contribution in [0, 0.1) is 18.6 Å². The molecule has 29 heavy (non-hydrogen) atoms. The van der Waals surface area contributed by atoms with Gasteiger partial charge in [-0.3, -0.25) is 9.59 Å². The summed E-state index contributed by atoms with van der Waals surface area (Å²) >= 11 is 6.05. The standard InChI is InChI=1S/C21H23ClF2N2O3/c1-5-26(21(28)13(4)29-6-2)19-16(23)9-10-17(18(19)24)25-20(27)14-11-12(3)7-8-15(14)22/h7-11,13H,5-6H2,1-4H3,(H,25,27). The van der Waals surface area contributed by atoms with Gasteiger partial charge in [0.2, 0.25) is 0 Å². The average molecular weight is 425 g/mol. The third-order valence-corrected chi connectivity index (χ3v) is 4.63. The quantitative estimate of drug-likeness (QED) is 0.683. The first-order chi connectivity index (χ1) is 13.7. The van der Waals surface area contributed by atoms with Crippen molar-refractivity contribution in [1.29, 1.82) is 0 Å². The first-order valence-electron chi connectivity index (χ1n) is 9.19. The minimum absolute atomic E-state index is 0.0190. The lowest BCUT2D eigenvalue weighted by Crippen LogP contribution is -2.40. The SMILES string of the molecule is CCOC(C)C(=O)N(CC)c1c(F)ccc(NC(=O)c2cc(C)ccc2Cl)c1F. The molecular formula is C21H23ClF2N2O3. The van der Waals surface area contributed by atoms with Crippen LogP contribution in [0.5, 0.6) is 0 Å². The van der Waals surface area contributed by atoms with Crippen molar-refractivity contribution < 1.29 is 23.1 Å². The van der Waals surface area contributed by atoms with Crippen molar-refractivity contribution in [2.45, 2.75) is 33.8 Å². The molecule has 8 heteroatoms. The monoisotopic (exact) mass is 424 g/mol. The Morgan fingerprint density at radius 2 is 1.90 bits per heavy atom. The molecule has 0 aliphatic rings. The van der Waals surface area contributed by atoms with Gasteiger partial charge in [0.1, 0.15) is 17.6 Å². The van der Waals surface area contributed by atoms with Gasteiger partial charge < -0.3 is 15.0 Å². The molecule has 2 aromatic rings. The van der Waals surface area contributed by atoms with Crippen LogP contribution in [0.15, 0.2) is 30.3 Å². The van der Waals surface area contributed by atoms with Crippen LogP contribution in [0.25, 0.3) is 0 Å². The second-order valence-corrected chi connectivity index (χ2v) is 6.78. The van der Waals surface area contributed by atoms with E-state index in [1.54, 1.807) is 39.0 Å². The Morgan fingerprint density at radius 3 is 2.52 bits per heavy atom. The van der Waals surface area contributed by atoms with E-state index in [0.29, 0.717) is 0 Å². The Hall–Kier alpha value is -2.51. The first-order valence-corrected chi connectivity index (χ1v) is 9.57. The van der Waals surface area contributed by atoms with Crippen molar-refractivity contribution in [3.8, 4) is 0 Å².